The lowest BCUT2D eigenvalue weighted by Gasteiger charge is -2.26. The van der Waals surface area contributed by atoms with Crippen LogP contribution >= 0.6 is 24.0 Å². The van der Waals surface area contributed by atoms with Crippen molar-refractivity contribution in [2.24, 2.45) is 10.7 Å². The molecule has 0 unspecified atom stereocenters. The van der Waals surface area contributed by atoms with Gasteiger partial charge >= 0.3 is 0 Å². The van der Waals surface area contributed by atoms with E-state index in [4.69, 9.17) is 15.2 Å². The number of nitrogens with zero attached hydrogens (tertiary/aromatic N) is 2. The average Bonchev–Trinajstić information content (AvgIpc) is 2.62. The van der Waals surface area contributed by atoms with Gasteiger partial charge in [-0.05, 0) is 24.5 Å². The molecule has 142 valence electrons. The molecule has 0 aliphatic carbocycles. The Hall–Kier alpha value is -0.900. The predicted molar refractivity (Wildman–Crippen MR) is 112 cm³/mol. The van der Waals surface area contributed by atoms with Gasteiger partial charge in [0.1, 0.15) is 0 Å². The Labute approximate surface area is 168 Å². The largest absolute Gasteiger partial charge is 0.382 e. The number of hydrogen-bond acceptors (Lipinski definition) is 4. The SMILES string of the molecule is CCOCCCNC(N)=NCc1ccc(CN2CCOCC2)cc1.I. The fraction of sp³-hybridized carbons (Fsp3) is 0.611. The van der Waals surface area contributed by atoms with Crippen molar-refractivity contribution in [1.29, 1.82) is 0 Å². The third kappa shape index (κ3) is 9.39. The summed E-state index contributed by atoms with van der Waals surface area (Å²) in [6.07, 6.45) is 0.931. The second-order valence-corrected chi connectivity index (χ2v) is 5.88. The van der Waals surface area contributed by atoms with Gasteiger partial charge in [0.05, 0.1) is 19.8 Å². The monoisotopic (exact) mass is 462 g/mol. The minimum Gasteiger partial charge on any atom is -0.382 e. The van der Waals surface area contributed by atoms with Crippen molar-refractivity contribution in [3.05, 3.63) is 35.4 Å². The maximum atomic E-state index is 5.87. The molecular formula is C18H31IN4O2. The van der Waals surface area contributed by atoms with Gasteiger partial charge < -0.3 is 20.5 Å². The topological polar surface area (TPSA) is 72.1 Å². The number of nitrogens with one attached hydrogen (secondary N) is 1. The Balaban J connectivity index is 0.00000312. The summed E-state index contributed by atoms with van der Waals surface area (Å²) < 4.78 is 10.7. The molecule has 25 heavy (non-hydrogen) atoms. The Bertz CT molecular complexity index is 490. The highest BCUT2D eigenvalue weighted by molar-refractivity contribution is 14.0. The van der Waals surface area contributed by atoms with Crippen LogP contribution in [-0.2, 0) is 22.6 Å². The van der Waals surface area contributed by atoms with Gasteiger partial charge in [-0.2, -0.15) is 0 Å². The Morgan fingerprint density at radius 1 is 1.24 bits per heavy atom. The smallest absolute Gasteiger partial charge is 0.188 e. The summed E-state index contributed by atoms with van der Waals surface area (Å²) in [5.74, 6) is 0.490. The first-order valence-corrected chi connectivity index (χ1v) is 8.77. The van der Waals surface area contributed by atoms with Crippen molar-refractivity contribution in [2.75, 3.05) is 46.1 Å². The van der Waals surface area contributed by atoms with E-state index in [0.29, 0.717) is 12.5 Å². The number of morpholine rings is 1. The standard InChI is InChI=1S/C18H30N4O2.HI/c1-2-23-11-3-8-20-18(19)21-14-16-4-6-17(7-5-16)15-22-9-12-24-13-10-22;/h4-7H,2-3,8-15H2,1H3,(H3,19,20,21);1H. The van der Waals surface area contributed by atoms with Crippen LogP contribution in [0.1, 0.15) is 24.5 Å². The highest BCUT2D eigenvalue weighted by atomic mass is 127. The predicted octanol–water partition coefficient (Wildman–Crippen LogP) is 1.97. The highest BCUT2D eigenvalue weighted by Gasteiger charge is 2.10. The average molecular weight is 462 g/mol. The van der Waals surface area contributed by atoms with Gasteiger partial charge in [-0.3, -0.25) is 4.90 Å². The summed E-state index contributed by atoms with van der Waals surface area (Å²) in [7, 11) is 0. The number of nitrogens with two attached hydrogens (primary N) is 1. The maximum Gasteiger partial charge on any atom is 0.188 e. The van der Waals surface area contributed by atoms with Crippen molar-refractivity contribution in [1.82, 2.24) is 10.2 Å². The van der Waals surface area contributed by atoms with Crippen LogP contribution in [0.5, 0.6) is 0 Å². The van der Waals surface area contributed by atoms with Crippen molar-refractivity contribution in [3.8, 4) is 0 Å². The van der Waals surface area contributed by atoms with Crippen LogP contribution in [-0.4, -0.2) is 56.9 Å². The molecule has 0 bridgehead atoms. The fourth-order valence-corrected chi connectivity index (χ4v) is 2.53. The molecule has 0 amide bonds. The molecule has 1 heterocycles. The molecule has 0 saturated carbocycles. The third-order valence-corrected chi connectivity index (χ3v) is 3.94. The summed E-state index contributed by atoms with van der Waals surface area (Å²) in [6, 6.07) is 8.60. The van der Waals surface area contributed by atoms with E-state index in [1.807, 2.05) is 6.92 Å². The molecule has 0 aromatic heterocycles. The molecule has 7 heteroatoms. The minimum absolute atomic E-state index is 0. The molecule has 2 rings (SSSR count). The second-order valence-electron chi connectivity index (χ2n) is 5.88. The molecule has 0 spiro atoms. The molecule has 1 aromatic carbocycles. The van der Waals surface area contributed by atoms with E-state index in [2.05, 4.69) is 39.5 Å². The van der Waals surface area contributed by atoms with Crippen LogP contribution < -0.4 is 11.1 Å². The van der Waals surface area contributed by atoms with E-state index in [0.717, 1.165) is 59.0 Å². The van der Waals surface area contributed by atoms with Gasteiger partial charge in [0.2, 0.25) is 0 Å². The minimum atomic E-state index is 0. The Morgan fingerprint density at radius 2 is 1.92 bits per heavy atom. The Kier molecular flexibility index (Phi) is 11.8. The van der Waals surface area contributed by atoms with E-state index >= 15 is 0 Å². The van der Waals surface area contributed by atoms with Crippen LogP contribution in [0.3, 0.4) is 0 Å². The Morgan fingerprint density at radius 3 is 2.60 bits per heavy atom. The first kappa shape index (κ1) is 22.1. The molecule has 6 nitrogen and oxygen atoms in total. The lowest BCUT2D eigenvalue weighted by atomic mass is 10.1. The number of guanidine groups is 1. The van der Waals surface area contributed by atoms with Crippen LogP contribution in [0, 0.1) is 0 Å². The summed E-state index contributed by atoms with van der Waals surface area (Å²) in [6.45, 7) is 9.57. The van der Waals surface area contributed by atoms with E-state index < -0.39 is 0 Å². The summed E-state index contributed by atoms with van der Waals surface area (Å²) in [5, 5.41) is 3.11. The van der Waals surface area contributed by atoms with Gasteiger partial charge in [-0.15, -0.1) is 24.0 Å². The van der Waals surface area contributed by atoms with Gasteiger partial charge in [0.25, 0.3) is 0 Å². The molecule has 0 atom stereocenters. The van der Waals surface area contributed by atoms with Gasteiger partial charge in [0.15, 0.2) is 5.96 Å². The lowest BCUT2D eigenvalue weighted by molar-refractivity contribution is 0.0342. The number of benzene rings is 1. The normalized spacial score (nSPS) is 15.6. The van der Waals surface area contributed by atoms with Gasteiger partial charge in [-0.25, -0.2) is 4.99 Å². The first-order chi connectivity index (χ1) is 11.8. The molecule has 1 fully saturated rings. The molecule has 0 radical (unpaired) electrons. The zero-order chi connectivity index (χ0) is 17.0. The van der Waals surface area contributed by atoms with Gasteiger partial charge in [-0.1, -0.05) is 24.3 Å². The highest BCUT2D eigenvalue weighted by Crippen LogP contribution is 2.10. The molecular weight excluding hydrogens is 431 g/mol. The van der Waals surface area contributed by atoms with Crippen molar-refractivity contribution < 1.29 is 9.47 Å². The van der Waals surface area contributed by atoms with Crippen LogP contribution in [0.4, 0.5) is 0 Å². The number of ether oxygens (including phenoxy) is 2. The van der Waals surface area contributed by atoms with E-state index in [1.165, 1.54) is 11.1 Å². The van der Waals surface area contributed by atoms with Crippen molar-refractivity contribution >= 4 is 29.9 Å². The number of hydrogen-bond donors (Lipinski definition) is 2. The van der Waals surface area contributed by atoms with Crippen LogP contribution in [0.25, 0.3) is 0 Å². The number of rotatable bonds is 9. The zero-order valence-corrected chi connectivity index (χ0v) is 17.4. The van der Waals surface area contributed by atoms with E-state index in [9.17, 15) is 0 Å². The summed E-state index contributed by atoms with van der Waals surface area (Å²) in [5.41, 5.74) is 8.36. The number of aliphatic imine (C=N–C) groups is 1. The van der Waals surface area contributed by atoms with E-state index in [-0.39, 0.29) is 24.0 Å². The second kappa shape index (κ2) is 13.3. The fourth-order valence-electron chi connectivity index (χ4n) is 2.53. The molecule has 1 aromatic rings. The van der Waals surface area contributed by atoms with Crippen LogP contribution in [0.15, 0.2) is 29.3 Å². The molecule has 1 aliphatic heterocycles. The quantitative estimate of drug-likeness (QED) is 0.254. The van der Waals surface area contributed by atoms with Gasteiger partial charge in [0, 0.05) is 39.4 Å². The maximum absolute atomic E-state index is 5.87. The summed E-state index contributed by atoms with van der Waals surface area (Å²) >= 11 is 0. The molecule has 1 saturated heterocycles. The van der Waals surface area contributed by atoms with Crippen LogP contribution in [0.2, 0.25) is 0 Å². The first-order valence-electron chi connectivity index (χ1n) is 8.77. The zero-order valence-electron chi connectivity index (χ0n) is 15.1. The lowest BCUT2D eigenvalue weighted by Crippen LogP contribution is -2.35. The van der Waals surface area contributed by atoms with E-state index in [1.54, 1.807) is 0 Å². The molecule has 1 aliphatic rings. The van der Waals surface area contributed by atoms with Crippen molar-refractivity contribution in [3.63, 3.8) is 0 Å². The third-order valence-electron chi connectivity index (χ3n) is 3.94. The van der Waals surface area contributed by atoms with Crippen molar-refractivity contribution in [2.45, 2.75) is 26.4 Å². The summed E-state index contributed by atoms with van der Waals surface area (Å²) in [4.78, 5) is 6.79. The number of halogens is 1. The molecule has 3 N–H and O–H groups in total.